The molecule has 5 nitrogen and oxygen atoms in total. The first-order valence-electron chi connectivity index (χ1n) is 8.83. The fraction of sp³-hybridized carbons (Fsp3) is 0.136. The van der Waals surface area contributed by atoms with E-state index in [4.69, 9.17) is 0 Å². The molecule has 0 spiro atoms. The first-order chi connectivity index (χ1) is 13.3. The number of benzene rings is 3. The summed E-state index contributed by atoms with van der Waals surface area (Å²) in [4.78, 5) is 12.7. The molecule has 0 aliphatic rings. The van der Waals surface area contributed by atoms with Crippen molar-refractivity contribution < 1.29 is 13.2 Å². The van der Waals surface area contributed by atoms with Crippen LogP contribution in [0, 0.1) is 20.8 Å². The minimum Gasteiger partial charge on any atom is -0.322 e. The highest BCUT2D eigenvalue weighted by atomic mass is 32.2. The predicted molar refractivity (Wildman–Crippen MR) is 112 cm³/mol. The summed E-state index contributed by atoms with van der Waals surface area (Å²) < 4.78 is 28.2. The van der Waals surface area contributed by atoms with Crippen molar-refractivity contribution in [2.24, 2.45) is 0 Å². The minimum atomic E-state index is -3.82. The van der Waals surface area contributed by atoms with Gasteiger partial charge >= 0.3 is 0 Å². The monoisotopic (exact) mass is 394 g/mol. The first kappa shape index (κ1) is 19.6. The van der Waals surface area contributed by atoms with E-state index >= 15 is 0 Å². The zero-order chi connectivity index (χ0) is 20.3. The summed E-state index contributed by atoms with van der Waals surface area (Å²) in [5.41, 5.74) is 4.05. The number of nitrogens with one attached hydrogen (secondary N) is 2. The van der Waals surface area contributed by atoms with Crippen LogP contribution in [0.4, 0.5) is 11.4 Å². The van der Waals surface area contributed by atoms with Gasteiger partial charge in [-0.05, 0) is 62.2 Å². The molecule has 0 heterocycles. The molecular formula is C22H22N2O3S. The number of para-hydroxylation sites is 1. The summed E-state index contributed by atoms with van der Waals surface area (Å²) in [5, 5.41) is 2.85. The maximum atomic E-state index is 12.8. The van der Waals surface area contributed by atoms with Crippen LogP contribution in [-0.4, -0.2) is 14.3 Å². The summed E-state index contributed by atoms with van der Waals surface area (Å²) in [5.74, 6) is -0.358. The Morgan fingerprint density at radius 1 is 0.821 bits per heavy atom. The van der Waals surface area contributed by atoms with Crippen LogP contribution in [0.1, 0.15) is 27.0 Å². The van der Waals surface area contributed by atoms with Gasteiger partial charge in [-0.25, -0.2) is 8.42 Å². The van der Waals surface area contributed by atoms with Crippen molar-refractivity contribution in [3.63, 3.8) is 0 Å². The molecule has 0 atom stereocenters. The van der Waals surface area contributed by atoms with Gasteiger partial charge in [0, 0.05) is 16.9 Å². The lowest BCUT2D eigenvalue weighted by Crippen LogP contribution is -2.17. The third-order valence-electron chi connectivity index (χ3n) is 4.40. The van der Waals surface area contributed by atoms with Crippen molar-refractivity contribution in [3.8, 4) is 0 Å². The summed E-state index contributed by atoms with van der Waals surface area (Å²) >= 11 is 0. The van der Waals surface area contributed by atoms with Gasteiger partial charge in [0.2, 0.25) is 0 Å². The van der Waals surface area contributed by atoms with Crippen molar-refractivity contribution in [2.75, 3.05) is 10.0 Å². The van der Waals surface area contributed by atoms with Gasteiger partial charge in [-0.15, -0.1) is 0 Å². The Morgan fingerprint density at radius 2 is 1.54 bits per heavy atom. The molecule has 28 heavy (non-hydrogen) atoms. The van der Waals surface area contributed by atoms with Gasteiger partial charge in [-0.3, -0.25) is 9.52 Å². The molecular weight excluding hydrogens is 372 g/mol. The lowest BCUT2D eigenvalue weighted by atomic mass is 10.1. The lowest BCUT2D eigenvalue weighted by Gasteiger charge is -2.13. The number of hydrogen-bond acceptors (Lipinski definition) is 3. The van der Waals surface area contributed by atoms with E-state index in [0.29, 0.717) is 16.9 Å². The van der Waals surface area contributed by atoms with E-state index in [9.17, 15) is 13.2 Å². The summed E-state index contributed by atoms with van der Waals surface area (Å²) in [6.45, 7) is 5.60. The second-order valence-electron chi connectivity index (χ2n) is 6.72. The summed E-state index contributed by atoms with van der Waals surface area (Å²) in [7, 11) is -3.82. The van der Waals surface area contributed by atoms with E-state index in [1.54, 1.807) is 49.4 Å². The van der Waals surface area contributed by atoms with E-state index in [0.717, 1.165) is 11.1 Å². The Kier molecular flexibility index (Phi) is 5.51. The average molecular weight is 394 g/mol. The number of aryl methyl sites for hydroxylation is 3. The number of carbonyl (C=O) groups excluding carboxylic acids is 1. The smallest absolute Gasteiger partial charge is 0.262 e. The summed E-state index contributed by atoms with van der Waals surface area (Å²) in [6.07, 6.45) is 0. The highest BCUT2D eigenvalue weighted by Gasteiger charge is 2.19. The fourth-order valence-electron chi connectivity index (χ4n) is 2.90. The number of anilines is 2. The molecule has 0 saturated carbocycles. The van der Waals surface area contributed by atoms with E-state index < -0.39 is 10.0 Å². The van der Waals surface area contributed by atoms with Crippen LogP contribution >= 0.6 is 0 Å². The molecule has 144 valence electrons. The quantitative estimate of drug-likeness (QED) is 0.661. The number of amides is 1. The number of hydrogen-bond donors (Lipinski definition) is 2. The van der Waals surface area contributed by atoms with Crippen molar-refractivity contribution in [2.45, 2.75) is 25.7 Å². The molecule has 3 aromatic rings. The van der Waals surface area contributed by atoms with Gasteiger partial charge in [0.15, 0.2) is 0 Å². The second kappa shape index (κ2) is 7.86. The molecule has 0 unspecified atom stereocenters. The van der Waals surface area contributed by atoms with Crippen LogP contribution in [0.5, 0.6) is 0 Å². The van der Waals surface area contributed by atoms with Gasteiger partial charge in [0.05, 0.1) is 4.90 Å². The molecule has 3 rings (SSSR count). The molecule has 0 fully saturated rings. The maximum absolute atomic E-state index is 12.8. The Hall–Kier alpha value is -3.12. The Labute approximate surface area is 165 Å². The molecule has 6 heteroatoms. The van der Waals surface area contributed by atoms with Crippen LogP contribution in [0.3, 0.4) is 0 Å². The number of rotatable bonds is 5. The highest BCUT2D eigenvalue weighted by molar-refractivity contribution is 7.92. The largest absolute Gasteiger partial charge is 0.322 e. The van der Waals surface area contributed by atoms with Crippen LogP contribution in [0.15, 0.2) is 71.6 Å². The van der Waals surface area contributed by atoms with E-state index in [2.05, 4.69) is 10.0 Å². The zero-order valence-electron chi connectivity index (χ0n) is 16.0. The molecule has 1 amide bonds. The molecule has 0 radical (unpaired) electrons. The van der Waals surface area contributed by atoms with Crippen LogP contribution < -0.4 is 10.0 Å². The molecule has 3 aromatic carbocycles. The number of carbonyl (C=O) groups is 1. The van der Waals surface area contributed by atoms with Crippen LogP contribution in [0.25, 0.3) is 0 Å². The Bertz CT molecular complexity index is 1120. The lowest BCUT2D eigenvalue weighted by molar-refractivity contribution is 0.102. The molecule has 0 aromatic heterocycles. The molecule has 0 aliphatic heterocycles. The van der Waals surface area contributed by atoms with Gasteiger partial charge in [0.1, 0.15) is 0 Å². The minimum absolute atomic E-state index is 0.0737. The topological polar surface area (TPSA) is 75.3 Å². The number of sulfonamides is 1. The second-order valence-corrected chi connectivity index (χ2v) is 8.38. The Balaban J connectivity index is 1.89. The normalized spacial score (nSPS) is 11.1. The van der Waals surface area contributed by atoms with Gasteiger partial charge in [-0.1, -0.05) is 42.0 Å². The standard InChI is InChI=1S/C22H22N2O3S/c1-15-9-12-20(17(3)13-15)23-22(25)18-11-10-16(2)21(14-18)28(26,27)24-19-7-5-4-6-8-19/h4-14,24H,1-3H3,(H,23,25). The van der Waals surface area contributed by atoms with Gasteiger partial charge in [0.25, 0.3) is 15.9 Å². The molecule has 0 saturated heterocycles. The zero-order valence-corrected chi connectivity index (χ0v) is 16.8. The summed E-state index contributed by atoms with van der Waals surface area (Å²) in [6, 6.07) is 19.0. The predicted octanol–water partition coefficient (Wildman–Crippen LogP) is 4.66. The van der Waals surface area contributed by atoms with Crippen LogP contribution in [-0.2, 0) is 10.0 Å². The maximum Gasteiger partial charge on any atom is 0.262 e. The first-order valence-corrected chi connectivity index (χ1v) is 10.3. The highest BCUT2D eigenvalue weighted by Crippen LogP contribution is 2.22. The third-order valence-corrected chi connectivity index (χ3v) is 5.92. The fourth-order valence-corrected chi connectivity index (χ4v) is 4.23. The third kappa shape index (κ3) is 4.40. The van der Waals surface area contributed by atoms with Crippen molar-refractivity contribution in [3.05, 3.63) is 89.0 Å². The van der Waals surface area contributed by atoms with E-state index in [-0.39, 0.29) is 16.4 Å². The van der Waals surface area contributed by atoms with E-state index in [1.165, 1.54) is 6.07 Å². The van der Waals surface area contributed by atoms with Crippen LogP contribution in [0.2, 0.25) is 0 Å². The SMILES string of the molecule is Cc1ccc(NC(=O)c2ccc(C)c(S(=O)(=O)Nc3ccccc3)c2)c(C)c1. The van der Waals surface area contributed by atoms with Gasteiger partial charge in [-0.2, -0.15) is 0 Å². The Morgan fingerprint density at radius 3 is 2.21 bits per heavy atom. The molecule has 0 bridgehead atoms. The van der Waals surface area contributed by atoms with E-state index in [1.807, 2.05) is 32.0 Å². The van der Waals surface area contributed by atoms with Gasteiger partial charge < -0.3 is 5.32 Å². The van der Waals surface area contributed by atoms with Crippen molar-refractivity contribution in [1.29, 1.82) is 0 Å². The average Bonchev–Trinajstić information content (AvgIpc) is 2.64. The molecule has 0 aliphatic carbocycles. The van der Waals surface area contributed by atoms with Crippen molar-refractivity contribution in [1.82, 2.24) is 0 Å². The molecule has 2 N–H and O–H groups in total. The van der Waals surface area contributed by atoms with Crippen molar-refractivity contribution >= 4 is 27.3 Å².